The zero-order valence-corrected chi connectivity index (χ0v) is 17.3. The predicted octanol–water partition coefficient (Wildman–Crippen LogP) is 5.54. The molecule has 0 fully saturated rings. The van der Waals surface area contributed by atoms with Crippen LogP contribution >= 0.6 is 0 Å². The van der Waals surface area contributed by atoms with Crippen LogP contribution in [0.1, 0.15) is 28.4 Å². The van der Waals surface area contributed by atoms with E-state index in [0.717, 1.165) is 50.3 Å². The molecule has 1 N–H and O–H groups in total. The zero-order valence-electron chi connectivity index (χ0n) is 16.3. The fourth-order valence-electron chi connectivity index (χ4n) is 4.12. The second kappa shape index (κ2) is 6.10. The standard InChI is InChI=1S/C25H22O2Si/c1-28(2,3)13-12-20-23-17-9-5-4-8-16(17)15-27-22(23)14-21-18-10-6-7-11-19(18)25(26)24(20)21/h4-11,14,25-26H,15H2,1-3H3. The Morgan fingerprint density at radius 1 is 0.964 bits per heavy atom. The third kappa shape index (κ3) is 2.61. The van der Waals surface area contributed by atoms with Crippen LogP contribution in [0.4, 0.5) is 0 Å². The summed E-state index contributed by atoms with van der Waals surface area (Å²) in [6.45, 7) is 7.29. The van der Waals surface area contributed by atoms with Crippen molar-refractivity contribution < 1.29 is 9.84 Å². The first kappa shape index (κ1) is 17.3. The molecule has 5 rings (SSSR count). The highest BCUT2D eigenvalue weighted by molar-refractivity contribution is 6.83. The lowest BCUT2D eigenvalue weighted by Crippen LogP contribution is -2.17. The van der Waals surface area contributed by atoms with Gasteiger partial charge in [0.05, 0.1) is 0 Å². The Hall–Kier alpha value is -2.80. The van der Waals surface area contributed by atoms with Crippen LogP contribution in [-0.4, -0.2) is 13.2 Å². The molecule has 3 aromatic carbocycles. The molecule has 1 heterocycles. The van der Waals surface area contributed by atoms with E-state index < -0.39 is 14.2 Å². The van der Waals surface area contributed by atoms with E-state index in [1.807, 2.05) is 24.3 Å². The molecule has 0 saturated carbocycles. The van der Waals surface area contributed by atoms with Crippen LogP contribution < -0.4 is 4.74 Å². The Kier molecular flexibility index (Phi) is 3.77. The monoisotopic (exact) mass is 382 g/mol. The number of benzene rings is 3. The Morgan fingerprint density at radius 3 is 2.46 bits per heavy atom. The molecule has 3 aromatic rings. The number of aliphatic hydroxyl groups excluding tert-OH is 1. The SMILES string of the molecule is C[Si](C)(C)C#Cc1c2c(cc3c1C(O)c1ccccc1-3)OCc1ccccc1-2. The van der Waals surface area contributed by atoms with Gasteiger partial charge in [0.2, 0.25) is 0 Å². The highest BCUT2D eigenvalue weighted by Gasteiger charge is 2.34. The van der Waals surface area contributed by atoms with E-state index in [2.05, 4.69) is 61.4 Å². The number of aliphatic hydroxyl groups is 1. The van der Waals surface area contributed by atoms with Crippen LogP contribution in [0.5, 0.6) is 5.75 Å². The van der Waals surface area contributed by atoms with Gasteiger partial charge >= 0.3 is 0 Å². The van der Waals surface area contributed by atoms with E-state index >= 15 is 0 Å². The molecule has 0 bridgehead atoms. The van der Waals surface area contributed by atoms with Gasteiger partial charge in [-0.2, -0.15) is 0 Å². The van der Waals surface area contributed by atoms with Crippen molar-refractivity contribution in [1.82, 2.24) is 0 Å². The number of ether oxygens (including phenoxy) is 1. The molecule has 0 amide bonds. The molecule has 1 unspecified atom stereocenters. The van der Waals surface area contributed by atoms with Crippen molar-refractivity contribution in [2.24, 2.45) is 0 Å². The molecule has 2 nitrogen and oxygen atoms in total. The topological polar surface area (TPSA) is 29.5 Å². The summed E-state index contributed by atoms with van der Waals surface area (Å²) in [5.74, 6) is 4.35. The van der Waals surface area contributed by atoms with Crippen molar-refractivity contribution in [2.75, 3.05) is 0 Å². The van der Waals surface area contributed by atoms with E-state index in [1.54, 1.807) is 0 Å². The van der Waals surface area contributed by atoms with Crippen LogP contribution in [0.2, 0.25) is 19.6 Å². The fraction of sp³-hybridized carbons (Fsp3) is 0.200. The summed E-state index contributed by atoms with van der Waals surface area (Å²) in [6.07, 6.45) is -0.656. The molecule has 0 radical (unpaired) electrons. The molecule has 1 aliphatic heterocycles. The molecule has 138 valence electrons. The number of hydrogen-bond acceptors (Lipinski definition) is 2. The quantitative estimate of drug-likeness (QED) is 0.409. The average Bonchev–Trinajstić information content (AvgIpc) is 2.97. The van der Waals surface area contributed by atoms with Gasteiger partial charge in [0.25, 0.3) is 0 Å². The van der Waals surface area contributed by atoms with Gasteiger partial charge in [-0.25, -0.2) is 0 Å². The molecule has 3 heteroatoms. The van der Waals surface area contributed by atoms with Crippen molar-refractivity contribution in [1.29, 1.82) is 0 Å². The molecule has 0 aromatic heterocycles. The summed E-state index contributed by atoms with van der Waals surface area (Å²) in [6, 6.07) is 18.5. The highest BCUT2D eigenvalue weighted by atomic mass is 28.3. The summed E-state index contributed by atoms with van der Waals surface area (Å²) in [4.78, 5) is 0. The van der Waals surface area contributed by atoms with Crippen molar-refractivity contribution >= 4 is 8.07 Å². The van der Waals surface area contributed by atoms with Gasteiger partial charge in [-0.3, -0.25) is 0 Å². The Bertz CT molecular complexity index is 1180. The molecular formula is C25H22O2Si. The van der Waals surface area contributed by atoms with E-state index in [1.165, 1.54) is 0 Å². The summed E-state index contributed by atoms with van der Waals surface area (Å²) >= 11 is 0. The Balaban J connectivity index is 1.87. The maximum absolute atomic E-state index is 11.2. The van der Waals surface area contributed by atoms with Crippen LogP contribution in [0.15, 0.2) is 54.6 Å². The largest absolute Gasteiger partial charge is 0.488 e. The van der Waals surface area contributed by atoms with Crippen LogP contribution in [0.3, 0.4) is 0 Å². The molecule has 1 aliphatic carbocycles. The second-order valence-corrected chi connectivity index (χ2v) is 13.3. The normalized spacial score (nSPS) is 16.1. The van der Waals surface area contributed by atoms with E-state index in [0.29, 0.717) is 6.61 Å². The first-order chi connectivity index (χ1) is 13.4. The Labute approximate surface area is 166 Å². The lowest BCUT2D eigenvalue weighted by Gasteiger charge is -2.24. The van der Waals surface area contributed by atoms with Gasteiger partial charge in [0.1, 0.15) is 26.5 Å². The van der Waals surface area contributed by atoms with E-state index in [-0.39, 0.29) is 0 Å². The van der Waals surface area contributed by atoms with Gasteiger partial charge in [0, 0.05) is 16.7 Å². The lowest BCUT2D eigenvalue weighted by atomic mass is 9.87. The summed E-state index contributed by atoms with van der Waals surface area (Å²) in [7, 11) is -1.59. The van der Waals surface area contributed by atoms with Crippen LogP contribution in [0, 0.1) is 11.5 Å². The van der Waals surface area contributed by atoms with Gasteiger partial charge < -0.3 is 9.84 Å². The molecule has 0 spiro atoms. The maximum Gasteiger partial charge on any atom is 0.129 e. The fourth-order valence-corrected chi connectivity index (χ4v) is 4.62. The third-order valence-corrected chi connectivity index (χ3v) is 6.26. The van der Waals surface area contributed by atoms with Gasteiger partial charge in [0.15, 0.2) is 0 Å². The van der Waals surface area contributed by atoms with Gasteiger partial charge in [-0.05, 0) is 33.9 Å². The van der Waals surface area contributed by atoms with Crippen molar-refractivity contribution in [2.45, 2.75) is 32.4 Å². The van der Waals surface area contributed by atoms with Crippen LogP contribution in [-0.2, 0) is 6.61 Å². The number of fused-ring (bicyclic) bond motifs is 6. The minimum absolute atomic E-state index is 0.563. The molecule has 2 aliphatic rings. The number of hydrogen-bond donors (Lipinski definition) is 1. The summed E-state index contributed by atoms with van der Waals surface area (Å²) in [5.41, 5.74) is 11.8. The summed E-state index contributed by atoms with van der Waals surface area (Å²) in [5, 5.41) is 11.2. The van der Waals surface area contributed by atoms with E-state index in [9.17, 15) is 5.11 Å². The van der Waals surface area contributed by atoms with Crippen molar-refractivity contribution in [3.8, 4) is 39.5 Å². The van der Waals surface area contributed by atoms with E-state index in [4.69, 9.17) is 4.74 Å². The zero-order chi connectivity index (χ0) is 19.5. The second-order valence-electron chi connectivity index (χ2n) is 8.52. The smallest absolute Gasteiger partial charge is 0.129 e. The first-order valence-electron chi connectivity index (χ1n) is 9.66. The maximum atomic E-state index is 11.2. The molecule has 0 saturated heterocycles. The summed E-state index contributed by atoms with van der Waals surface area (Å²) < 4.78 is 6.16. The molecular weight excluding hydrogens is 360 g/mol. The lowest BCUT2D eigenvalue weighted by molar-refractivity contribution is 0.224. The molecule has 28 heavy (non-hydrogen) atoms. The van der Waals surface area contributed by atoms with Crippen molar-refractivity contribution in [3.05, 3.63) is 76.9 Å². The molecule has 1 atom stereocenters. The average molecular weight is 383 g/mol. The highest BCUT2D eigenvalue weighted by Crippen LogP contribution is 2.51. The minimum Gasteiger partial charge on any atom is -0.488 e. The van der Waals surface area contributed by atoms with Gasteiger partial charge in [-0.15, -0.1) is 5.54 Å². The minimum atomic E-state index is -1.59. The predicted molar refractivity (Wildman–Crippen MR) is 116 cm³/mol. The van der Waals surface area contributed by atoms with Crippen LogP contribution in [0.25, 0.3) is 22.3 Å². The Morgan fingerprint density at radius 2 is 1.68 bits per heavy atom. The first-order valence-corrected chi connectivity index (χ1v) is 13.2. The van der Waals surface area contributed by atoms with Gasteiger partial charge in [-0.1, -0.05) is 74.1 Å². The number of rotatable bonds is 0. The third-order valence-electron chi connectivity index (χ3n) is 5.38. The van der Waals surface area contributed by atoms with Crippen molar-refractivity contribution in [3.63, 3.8) is 0 Å².